The second-order valence-corrected chi connectivity index (χ2v) is 21.7. The molecule has 0 radical (unpaired) electrons. The lowest BCUT2D eigenvalue weighted by Gasteiger charge is -2.30. The number of hydrogen-bond donors (Lipinski definition) is 11. The molecular formula is C32H48N7O22P3S2. The fourth-order valence-corrected chi connectivity index (χ4v) is 9.76. The van der Waals surface area contributed by atoms with Crippen molar-refractivity contribution >= 4 is 80.4 Å². The van der Waals surface area contributed by atoms with Gasteiger partial charge in [0.15, 0.2) is 17.7 Å². The van der Waals surface area contributed by atoms with Gasteiger partial charge in [-0.05, 0) is 18.1 Å². The lowest BCUT2D eigenvalue weighted by Crippen LogP contribution is -2.46. The van der Waals surface area contributed by atoms with Crippen LogP contribution in [0.5, 0.6) is 0 Å². The molecule has 1 aromatic carbocycles. The van der Waals surface area contributed by atoms with E-state index in [1.165, 1.54) is 45.0 Å². The van der Waals surface area contributed by atoms with E-state index in [-0.39, 0.29) is 53.4 Å². The smallest absolute Gasteiger partial charge is 0.391 e. The normalized spacial score (nSPS) is 21.3. The molecule has 34 heteroatoms. The number of aromatic nitrogens is 4. The number of phosphoric ester groups is 3. The van der Waals surface area contributed by atoms with Crippen LogP contribution in [0.3, 0.4) is 0 Å². The first-order valence-corrected chi connectivity index (χ1v) is 25.9. The molecule has 2 amide bonds. The van der Waals surface area contributed by atoms with Crippen molar-refractivity contribution in [2.45, 2.75) is 75.6 Å². The van der Waals surface area contributed by atoms with E-state index < -0.39 is 118 Å². The van der Waals surface area contributed by atoms with Gasteiger partial charge in [0, 0.05) is 30.7 Å². The number of phosphoric acid groups is 3. The van der Waals surface area contributed by atoms with Gasteiger partial charge in [0.25, 0.3) is 10.1 Å². The molecule has 12 N–H and O–H groups in total. The number of aliphatic hydroxyl groups excluding tert-OH is 2. The molecule has 0 spiro atoms. The van der Waals surface area contributed by atoms with Crippen LogP contribution in [0, 0.1) is 5.41 Å². The summed E-state index contributed by atoms with van der Waals surface area (Å²) in [5, 5.41) is 37.0. The summed E-state index contributed by atoms with van der Waals surface area (Å²) in [5.74, 6) is -3.00. The minimum Gasteiger partial charge on any atom is -0.391 e. The summed E-state index contributed by atoms with van der Waals surface area (Å²) in [6, 6.07) is 5.54. The molecule has 1 fully saturated rings. The zero-order chi connectivity index (χ0) is 49.5. The molecule has 0 saturated carbocycles. The Kier molecular flexibility index (Phi) is 18.6. The quantitative estimate of drug-likeness (QED) is 0.0216. The van der Waals surface area contributed by atoms with Crippen LogP contribution in [-0.2, 0) is 76.4 Å². The highest BCUT2D eigenvalue weighted by molar-refractivity contribution is 7.95. The summed E-state index contributed by atoms with van der Waals surface area (Å²) in [7, 11) is -20.8. The number of carbonyl (C=O) groups excluding carboxylic acids is 3. The van der Waals surface area contributed by atoms with Crippen LogP contribution < -0.4 is 16.4 Å². The van der Waals surface area contributed by atoms with Crippen LogP contribution in [-0.4, -0.2) is 142 Å². The number of nitrogens with two attached hydrogens (primary N) is 1. The Morgan fingerprint density at radius 3 is 2.29 bits per heavy atom. The van der Waals surface area contributed by atoms with Crippen LogP contribution >= 0.6 is 35.5 Å². The van der Waals surface area contributed by atoms with Crippen LogP contribution in [0.2, 0.25) is 0 Å². The summed E-state index contributed by atoms with van der Waals surface area (Å²) in [5.41, 5.74) is 3.03. The van der Waals surface area contributed by atoms with Crippen molar-refractivity contribution in [2.75, 3.05) is 37.8 Å². The predicted octanol–water partition coefficient (Wildman–Crippen LogP) is -0.718. The monoisotopic (exact) mass is 1040 g/mol. The average molecular weight is 1040 g/mol. The van der Waals surface area contributed by atoms with E-state index in [0.717, 1.165) is 17.2 Å². The summed E-state index contributed by atoms with van der Waals surface area (Å²) >= 11 is 0.684. The van der Waals surface area contributed by atoms with Crippen molar-refractivity contribution in [3.8, 4) is 0 Å². The van der Waals surface area contributed by atoms with Gasteiger partial charge in [0.1, 0.15) is 42.0 Å². The minimum absolute atomic E-state index is 0.0102. The lowest BCUT2D eigenvalue weighted by molar-refractivity contribution is -0.138. The van der Waals surface area contributed by atoms with Crippen LogP contribution in [0.15, 0.2) is 36.9 Å². The number of nitrogen functional groups attached to an aromatic ring is 1. The Labute approximate surface area is 379 Å². The molecule has 66 heavy (non-hydrogen) atoms. The maximum Gasteiger partial charge on any atom is 0.481 e. The number of rotatable bonds is 25. The number of fused-ring (bicyclic) bond motifs is 1. The first kappa shape index (κ1) is 55.0. The van der Waals surface area contributed by atoms with Gasteiger partial charge in [-0.25, -0.2) is 28.6 Å². The molecule has 1 aliphatic rings. The summed E-state index contributed by atoms with van der Waals surface area (Å²) in [6.07, 6.45) is -7.71. The van der Waals surface area contributed by atoms with Crippen molar-refractivity contribution in [1.82, 2.24) is 30.2 Å². The Morgan fingerprint density at radius 2 is 1.65 bits per heavy atom. The third kappa shape index (κ3) is 16.6. The van der Waals surface area contributed by atoms with Gasteiger partial charge < -0.3 is 60.2 Å². The fraction of sp³-hybridized carbons (Fsp3) is 0.562. The summed E-state index contributed by atoms with van der Waals surface area (Å²) in [6.45, 7) is 1.39. The van der Waals surface area contributed by atoms with Gasteiger partial charge in [-0.2, -0.15) is 12.7 Å². The standard InChI is InChI=1S/C32H48N7O22P3S2/c1-31(2,26(43)29(44)35-9-8-21(40)34-10-11-65-60-22(41)12-32(3,45)19-6-4-18(5-7-19)14-66(53,54)55)15-57-64(51,52)61-63(49,50)56-13-20-25(59-62(46,47)48)24(42)30(58-20)39-17-38-23-27(33)36-16-37-28(23)39/h4-7,16-17,20,24-26,30,42-43,45H,8-15H2,1-3H3,(H,34,40)(H,35,44)(H,49,50)(H,51,52)(H2,33,36,37)(H2,46,47,48)(H,53,54,55). The molecule has 29 nitrogen and oxygen atoms in total. The highest BCUT2D eigenvalue weighted by atomic mass is 32.2. The highest BCUT2D eigenvalue weighted by Gasteiger charge is 2.50. The minimum atomic E-state index is -5.62. The first-order valence-electron chi connectivity index (χ1n) is 18.9. The Hall–Kier alpha value is -3.55. The number of carbonyl (C=O) groups is 3. The third-order valence-electron chi connectivity index (χ3n) is 9.15. The summed E-state index contributed by atoms with van der Waals surface area (Å²) in [4.78, 5) is 88.2. The molecule has 4 rings (SSSR count). The second-order valence-electron chi connectivity index (χ2n) is 15.2. The molecular weight excluding hydrogens is 991 g/mol. The van der Waals surface area contributed by atoms with E-state index in [1.807, 2.05) is 0 Å². The van der Waals surface area contributed by atoms with E-state index in [4.69, 9.17) is 28.3 Å². The van der Waals surface area contributed by atoms with Crippen LogP contribution in [0.4, 0.5) is 5.82 Å². The molecule has 1 saturated heterocycles. The number of ether oxygens (including phenoxy) is 1. The third-order valence-corrected chi connectivity index (χ3v) is 13.6. The Balaban J connectivity index is 1.16. The molecule has 8 unspecified atom stereocenters. The topological polar surface area (TPSA) is 447 Å². The maximum absolute atomic E-state index is 12.7. The van der Waals surface area contributed by atoms with Crippen molar-refractivity contribution in [3.63, 3.8) is 0 Å². The van der Waals surface area contributed by atoms with Gasteiger partial charge in [0.2, 0.25) is 11.8 Å². The van der Waals surface area contributed by atoms with Crippen LogP contribution in [0.25, 0.3) is 11.2 Å². The fourth-order valence-electron chi connectivity index (χ4n) is 5.86. The zero-order valence-electron chi connectivity index (χ0n) is 34.8. The van der Waals surface area contributed by atoms with Crippen molar-refractivity contribution in [1.29, 1.82) is 0 Å². The molecule has 370 valence electrons. The molecule has 0 bridgehead atoms. The number of benzene rings is 1. The molecule has 0 aliphatic carbocycles. The van der Waals surface area contributed by atoms with E-state index in [0.29, 0.717) is 12.0 Å². The number of imidazole rings is 1. The number of anilines is 1. The van der Waals surface area contributed by atoms with Crippen molar-refractivity contribution < 1.29 is 103 Å². The zero-order valence-corrected chi connectivity index (χ0v) is 39.1. The van der Waals surface area contributed by atoms with E-state index in [1.54, 1.807) is 0 Å². The van der Waals surface area contributed by atoms with E-state index in [2.05, 4.69) is 34.4 Å². The van der Waals surface area contributed by atoms with Gasteiger partial charge >= 0.3 is 29.4 Å². The average Bonchev–Trinajstić information content (AvgIpc) is 3.75. The number of hydrogen-bond acceptors (Lipinski definition) is 22. The predicted molar refractivity (Wildman–Crippen MR) is 224 cm³/mol. The number of nitrogens with zero attached hydrogens (tertiary/aromatic N) is 4. The van der Waals surface area contributed by atoms with Gasteiger partial charge in [-0.1, -0.05) is 38.1 Å². The maximum atomic E-state index is 12.7. The number of amides is 2. The Bertz CT molecular complexity index is 2460. The van der Waals surface area contributed by atoms with Gasteiger partial charge in [-0.15, -0.1) is 0 Å². The molecule has 1 aliphatic heterocycles. The van der Waals surface area contributed by atoms with Crippen molar-refractivity contribution in [2.24, 2.45) is 5.41 Å². The molecule has 8 atom stereocenters. The highest BCUT2D eigenvalue weighted by Crippen LogP contribution is 2.61. The first-order chi connectivity index (χ1) is 30.4. The van der Waals surface area contributed by atoms with Gasteiger partial charge in [-0.3, -0.25) is 37.1 Å². The van der Waals surface area contributed by atoms with Gasteiger partial charge in [0.05, 0.1) is 43.6 Å². The molecule has 2 aromatic heterocycles. The van der Waals surface area contributed by atoms with E-state index in [9.17, 15) is 71.4 Å². The van der Waals surface area contributed by atoms with Crippen molar-refractivity contribution in [3.05, 3.63) is 48.0 Å². The lowest BCUT2D eigenvalue weighted by atomic mass is 9.87. The SMILES string of the molecule is CC(O)(CC(=O)OSCCNC(=O)CCNC(=O)C(O)C(C)(C)COP(=O)(O)OP(=O)(O)OCC1OC(n2cnc3c(N)ncnc32)C(O)C1OP(=O)(O)O)c1ccc(CS(=O)(=O)O)cc1. The Morgan fingerprint density at radius 1 is 1.00 bits per heavy atom. The number of aliphatic hydroxyl groups is 3. The molecule has 3 aromatic rings. The summed E-state index contributed by atoms with van der Waals surface area (Å²) < 4.78 is 98.3. The van der Waals surface area contributed by atoms with Crippen LogP contribution in [0.1, 0.15) is 51.0 Å². The molecule has 3 heterocycles. The van der Waals surface area contributed by atoms with E-state index >= 15 is 0 Å². The second kappa shape index (κ2) is 22.3. The number of nitrogens with one attached hydrogen (secondary N) is 2. The largest absolute Gasteiger partial charge is 0.481 e.